The van der Waals surface area contributed by atoms with Gasteiger partial charge in [-0.2, -0.15) is 0 Å². The number of benzene rings is 2. The maximum absolute atomic E-state index is 14.4. The van der Waals surface area contributed by atoms with E-state index < -0.39 is 103 Å². The molecule has 9 atom stereocenters. The Morgan fingerprint density at radius 1 is 0.792 bits per heavy atom. The van der Waals surface area contributed by atoms with Gasteiger partial charge in [0.15, 0.2) is 35.4 Å². The van der Waals surface area contributed by atoms with Crippen LogP contribution in [0.25, 0.3) is 12.2 Å². The fourth-order valence-electron chi connectivity index (χ4n) is 6.08. The summed E-state index contributed by atoms with van der Waals surface area (Å²) in [5, 5.41) is 84.9. The number of hydrogen-bond donors (Lipinski definition) is 8. The minimum Gasteiger partial charge on any atom is -0.504 e. The van der Waals surface area contributed by atoms with Crippen LogP contribution in [0.1, 0.15) is 11.1 Å². The molecule has 3 fully saturated rings. The molecule has 0 amide bonds. The van der Waals surface area contributed by atoms with Gasteiger partial charge in [-0.1, -0.05) is 0 Å². The molecule has 0 aromatic heterocycles. The Kier molecular flexibility index (Phi) is 12.0. The summed E-state index contributed by atoms with van der Waals surface area (Å²) in [5.41, 5.74) is -1.09. The third-order valence-corrected chi connectivity index (χ3v) is 8.85. The molecular formula is C34H40O19. The van der Waals surface area contributed by atoms with Crippen LogP contribution in [0.15, 0.2) is 35.4 Å². The average molecular weight is 753 g/mol. The highest BCUT2D eigenvalue weighted by atomic mass is 16.8. The SMILES string of the molecule is COc1cc(/C=C2/C(=O)OC[C@H]3O[C@H](O[C@]4(CO)O[C@H](CO)[C@@H](O)[C@H]4OC(=O)/C2=C/c2ccc(O)c(OC)c2OC)[C@H](O)[C@H](O)[C@@H]3O)cc(OC)c1O. The van der Waals surface area contributed by atoms with Gasteiger partial charge in [0.25, 0.3) is 0 Å². The number of aliphatic hydroxyl groups is 6. The molecule has 8 N–H and O–H groups in total. The summed E-state index contributed by atoms with van der Waals surface area (Å²) < 4.78 is 49.5. The van der Waals surface area contributed by atoms with E-state index in [0.717, 1.165) is 12.2 Å². The van der Waals surface area contributed by atoms with Crippen LogP contribution in [0, 0.1) is 0 Å². The van der Waals surface area contributed by atoms with Gasteiger partial charge in [-0.15, -0.1) is 0 Å². The number of aliphatic hydroxyl groups excluding tert-OH is 6. The predicted octanol–water partition coefficient (Wildman–Crippen LogP) is -1.67. The van der Waals surface area contributed by atoms with E-state index in [-0.39, 0.29) is 39.9 Å². The first-order chi connectivity index (χ1) is 25.3. The van der Waals surface area contributed by atoms with Crippen LogP contribution in [0.2, 0.25) is 0 Å². The number of hydrogen-bond acceptors (Lipinski definition) is 19. The lowest BCUT2D eigenvalue weighted by atomic mass is 9.98. The van der Waals surface area contributed by atoms with E-state index in [1.54, 1.807) is 0 Å². The molecule has 3 heterocycles. The molecule has 5 rings (SSSR count). The van der Waals surface area contributed by atoms with Crippen molar-refractivity contribution < 1.29 is 93.1 Å². The van der Waals surface area contributed by atoms with Gasteiger partial charge in [-0.3, -0.25) is 0 Å². The van der Waals surface area contributed by atoms with Gasteiger partial charge in [-0.25, -0.2) is 9.59 Å². The number of fused-ring (bicyclic) bond motifs is 3. The smallest absolute Gasteiger partial charge is 0.339 e. The first-order valence-electron chi connectivity index (χ1n) is 15.9. The molecule has 2 aromatic rings. The van der Waals surface area contributed by atoms with Crippen LogP contribution >= 0.6 is 0 Å². The Hall–Kier alpha value is -4.70. The van der Waals surface area contributed by atoms with Crippen molar-refractivity contribution in [2.75, 3.05) is 48.3 Å². The molecule has 0 saturated carbocycles. The fourth-order valence-corrected chi connectivity index (χ4v) is 6.08. The number of cyclic esters (lactones) is 1. The number of phenolic OH excluding ortho intramolecular Hbond substituents is 2. The number of aromatic hydroxyl groups is 2. The van der Waals surface area contributed by atoms with Gasteiger partial charge in [0.2, 0.25) is 17.3 Å². The molecule has 19 heteroatoms. The zero-order valence-electron chi connectivity index (χ0n) is 28.8. The highest BCUT2D eigenvalue weighted by molar-refractivity contribution is 6.13. The Balaban J connectivity index is 1.79. The zero-order valence-corrected chi connectivity index (χ0v) is 28.8. The molecule has 2 aromatic carbocycles. The van der Waals surface area contributed by atoms with Crippen molar-refractivity contribution in [1.82, 2.24) is 0 Å². The largest absolute Gasteiger partial charge is 0.504 e. The van der Waals surface area contributed by atoms with Crippen molar-refractivity contribution in [2.24, 2.45) is 0 Å². The molecular weight excluding hydrogens is 712 g/mol. The van der Waals surface area contributed by atoms with E-state index in [1.807, 2.05) is 0 Å². The number of methoxy groups -OCH3 is 4. The summed E-state index contributed by atoms with van der Waals surface area (Å²) in [7, 11) is 4.99. The second kappa shape index (κ2) is 16.1. The topological polar surface area (TPSA) is 279 Å². The molecule has 19 nitrogen and oxygen atoms in total. The van der Waals surface area contributed by atoms with Gasteiger partial charge < -0.3 is 83.5 Å². The summed E-state index contributed by atoms with van der Waals surface area (Å²) in [6.45, 7) is -2.89. The molecule has 3 aliphatic heterocycles. The lowest BCUT2D eigenvalue weighted by Gasteiger charge is -2.43. The van der Waals surface area contributed by atoms with E-state index >= 15 is 0 Å². The third kappa shape index (κ3) is 7.43. The highest BCUT2D eigenvalue weighted by Crippen LogP contribution is 2.43. The average Bonchev–Trinajstić information content (AvgIpc) is 3.42. The van der Waals surface area contributed by atoms with E-state index in [9.17, 15) is 50.4 Å². The second-order valence-electron chi connectivity index (χ2n) is 12.0. The Morgan fingerprint density at radius 2 is 1.43 bits per heavy atom. The normalized spacial score (nSPS) is 32.1. The van der Waals surface area contributed by atoms with Crippen molar-refractivity contribution in [3.05, 3.63) is 46.5 Å². The molecule has 290 valence electrons. The van der Waals surface area contributed by atoms with Gasteiger partial charge in [-0.05, 0) is 42.0 Å². The Morgan fingerprint density at radius 3 is 2.02 bits per heavy atom. The van der Waals surface area contributed by atoms with Crippen molar-refractivity contribution in [1.29, 1.82) is 0 Å². The quantitative estimate of drug-likeness (QED) is 0.111. The van der Waals surface area contributed by atoms with Crippen molar-refractivity contribution >= 4 is 24.1 Å². The summed E-state index contributed by atoms with van der Waals surface area (Å²) in [6, 6.07) is 5.08. The van der Waals surface area contributed by atoms with Crippen molar-refractivity contribution in [3.8, 4) is 34.5 Å². The van der Waals surface area contributed by atoms with Crippen molar-refractivity contribution in [2.45, 2.75) is 54.8 Å². The standard InChI is InChI=1S/C34H40O19/c1-45-19-8-14(9-20(46-2)23(19)38)7-16-17(10-15-5-6-18(37)29(48-4)28(15)47-3)32(44)51-30-25(40)21(11-35)52-34(30,13-36)53-33-27(42)26(41)24(39)22(50-33)12-49-31(16)43/h5-10,21-22,24-27,30,33,35-42H,11-13H2,1-4H3/b16-7+,17-10+/t21-,22-,24-,25-,26-,27-,30-,33-,34+/m1/s1. The van der Waals surface area contributed by atoms with Crippen molar-refractivity contribution in [3.63, 3.8) is 0 Å². The number of carbonyl (C=O) groups excluding carboxylic acids is 2. The summed E-state index contributed by atoms with van der Waals surface area (Å²) in [5.74, 6) is -6.44. The minimum atomic E-state index is -2.58. The van der Waals surface area contributed by atoms with Gasteiger partial charge in [0.1, 0.15) is 49.8 Å². The highest BCUT2D eigenvalue weighted by Gasteiger charge is 2.61. The maximum Gasteiger partial charge on any atom is 0.339 e. The van der Waals surface area contributed by atoms with Crippen LogP contribution < -0.4 is 18.9 Å². The van der Waals surface area contributed by atoms with Crippen LogP contribution in [0.4, 0.5) is 0 Å². The molecule has 0 spiro atoms. The van der Waals surface area contributed by atoms with Gasteiger partial charge in [0.05, 0.1) is 46.2 Å². The molecule has 0 radical (unpaired) electrons. The molecule has 3 aliphatic rings. The molecule has 0 aliphatic carbocycles. The summed E-state index contributed by atoms with van der Waals surface area (Å²) in [4.78, 5) is 28.6. The lowest BCUT2D eigenvalue weighted by Crippen LogP contribution is -2.63. The maximum atomic E-state index is 14.4. The monoisotopic (exact) mass is 752 g/mol. The lowest BCUT2D eigenvalue weighted by molar-refractivity contribution is -0.383. The van der Waals surface area contributed by atoms with E-state index in [4.69, 9.17) is 42.6 Å². The number of esters is 2. The predicted molar refractivity (Wildman–Crippen MR) is 175 cm³/mol. The fraction of sp³-hybridized carbons (Fsp3) is 0.471. The Bertz CT molecular complexity index is 1720. The van der Waals surface area contributed by atoms with Crippen LogP contribution in [0.5, 0.6) is 34.5 Å². The van der Waals surface area contributed by atoms with Crippen LogP contribution in [0.3, 0.4) is 0 Å². The summed E-state index contributed by atoms with van der Waals surface area (Å²) >= 11 is 0. The minimum absolute atomic E-state index is 0.0277. The number of ether oxygens (including phenoxy) is 9. The number of rotatable bonds is 8. The second-order valence-corrected chi connectivity index (χ2v) is 12.0. The molecule has 2 bridgehead atoms. The molecule has 53 heavy (non-hydrogen) atoms. The summed E-state index contributed by atoms with van der Waals surface area (Å²) in [6.07, 6.45) is -12.7. The van der Waals surface area contributed by atoms with E-state index in [0.29, 0.717) is 0 Å². The first kappa shape index (κ1) is 39.5. The van der Waals surface area contributed by atoms with E-state index in [2.05, 4.69) is 0 Å². The molecule has 3 saturated heterocycles. The number of carbonyl (C=O) groups is 2. The third-order valence-electron chi connectivity index (χ3n) is 8.85. The zero-order chi connectivity index (χ0) is 38.8. The van der Waals surface area contributed by atoms with Crippen LogP contribution in [-0.2, 0) is 33.3 Å². The van der Waals surface area contributed by atoms with Gasteiger partial charge in [0, 0.05) is 5.56 Å². The van der Waals surface area contributed by atoms with Gasteiger partial charge >= 0.3 is 11.9 Å². The number of phenols is 2. The Labute approximate surface area is 301 Å². The van der Waals surface area contributed by atoms with Crippen LogP contribution in [-0.4, -0.2) is 156 Å². The molecule has 0 unspecified atom stereocenters. The van der Waals surface area contributed by atoms with E-state index in [1.165, 1.54) is 52.7 Å². The first-order valence-corrected chi connectivity index (χ1v) is 15.9.